The molecular weight excluding hydrogens is 258 g/mol. The Morgan fingerprint density at radius 3 is 2.48 bits per heavy atom. The van der Waals surface area contributed by atoms with Gasteiger partial charge in [-0.25, -0.2) is 0 Å². The summed E-state index contributed by atoms with van der Waals surface area (Å²) in [5.74, 6) is 0. The van der Waals surface area contributed by atoms with Crippen LogP contribution in [0.1, 0.15) is 25.0 Å². The van der Waals surface area contributed by atoms with Crippen LogP contribution < -0.4 is 10.2 Å². The highest BCUT2D eigenvalue weighted by Gasteiger charge is 2.12. The summed E-state index contributed by atoms with van der Waals surface area (Å²) in [6, 6.07) is 18.6. The van der Waals surface area contributed by atoms with Gasteiger partial charge in [0.2, 0.25) is 0 Å². The zero-order valence-electron chi connectivity index (χ0n) is 12.6. The van der Waals surface area contributed by atoms with Crippen molar-refractivity contribution < 1.29 is 0 Å². The van der Waals surface area contributed by atoms with Crippen LogP contribution in [-0.2, 0) is 6.54 Å². The second-order valence-corrected chi connectivity index (χ2v) is 4.82. The maximum Gasteiger partial charge on any atom is 0.101 e. The van der Waals surface area contributed by atoms with Crippen LogP contribution in [0, 0.1) is 11.3 Å². The van der Waals surface area contributed by atoms with Crippen LogP contribution in [0.25, 0.3) is 0 Å². The molecule has 0 heterocycles. The van der Waals surface area contributed by atoms with E-state index in [0.29, 0.717) is 0 Å². The molecule has 0 fully saturated rings. The Bertz CT molecular complexity index is 614. The summed E-state index contributed by atoms with van der Waals surface area (Å²) in [6.07, 6.45) is 0. The van der Waals surface area contributed by atoms with Gasteiger partial charge in [0, 0.05) is 18.8 Å². The van der Waals surface area contributed by atoms with Crippen molar-refractivity contribution in [3.05, 3.63) is 59.7 Å². The third-order valence-electron chi connectivity index (χ3n) is 3.44. The van der Waals surface area contributed by atoms with E-state index in [4.69, 9.17) is 0 Å². The molecule has 0 saturated heterocycles. The lowest BCUT2D eigenvalue weighted by Gasteiger charge is -2.24. The first-order chi connectivity index (χ1) is 10.3. The Kier molecular flexibility index (Phi) is 5.36. The molecule has 2 aromatic rings. The highest BCUT2D eigenvalue weighted by molar-refractivity contribution is 5.69. The van der Waals surface area contributed by atoms with E-state index in [0.717, 1.165) is 42.1 Å². The SMILES string of the molecule is CCNCc1ccc(N(CC)c2ccccc2)c(C#N)c1. The van der Waals surface area contributed by atoms with E-state index < -0.39 is 0 Å². The van der Waals surface area contributed by atoms with Gasteiger partial charge in [-0.15, -0.1) is 0 Å². The normalized spacial score (nSPS) is 10.1. The number of rotatable bonds is 6. The molecule has 0 unspecified atom stereocenters. The van der Waals surface area contributed by atoms with E-state index in [1.807, 2.05) is 30.3 Å². The predicted octanol–water partition coefficient (Wildman–Crippen LogP) is 3.83. The Morgan fingerprint density at radius 2 is 1.86 bits per heavy atom. The van der Waals surface area contributed by atoms with Crippen LogP contribution in [-0.4, -0.2) is 13.1 Å². The van der Waals surface area contributed by atoms with Gasteiger partial charge in [0.25, 0.3) is 0 Å². The summed E-state index contributed by atoms with van der Waals surface area (Å²) < 4.78 is 0. The molecule has 0 amide bonds. The number of hydrogen-bond donors (Lipinski definition) is 1. The summed E-state index contributed by atoms with van der Waals surface area (Å²) in [4.78, 5) is 2.16. The van der Waals surface area contributed by atoms with Gasteiger partial charge >= 0.3 is 0 Å². The molecule has 21 heavy (non-hydrogen) atoms. The van der Waals surface area contributed by atoms with Crippen LogP contribution in [0.3, 0.4) is 0 Å². The van der Waals surface area contributed by atoms with Crippen LogP contribution >= 0.6 is 0 Å². The van der Waals surface area contributed by atoms with Crippen molar-refractivity contribution in [3.8, 4) is 6.07 Å². The molecule has 0 bridgehead atoms. The fourth-order valence-corrected chi connectivity index (χ4v) is 2.39. The minimum absolute atomic E-state index is 0.719. The Labute approximate surface area is 126 Å². The molecule has 0 aliphatic rings. The number of benzene rings is 2. The van der Waals surface area contributed by atoms with Crippen LogP contribution in [0.4, 0.5) is 11.4 Å². The summed E-state index contributed by atoms with van der Waals surface area (Å²) in [5, 5.41) is 12.7. The second-order valence-electron chi connectivity index (χ2n) is 4.82. The van der Waals surface area contributed by atoms with Gasteiger partial charge in [0.15, 0.2) is 0 Å². The molecule has 0 saturated carbocycles. The van der Waals surface area contributed by atoms with Gasteiger partial charge < -0.3 is 10.2 Å². The van der Waals surface area contributed by atoms with Crippen molar-refractivity contribution in [2.45, 2.75) is 20.4 Å². The van der Waals surface area contributed by atoms with Crippen LogP contribution in [0.5, 0.6) is 0 Å². The van der Waals surface area contributed by atoms with Gasteiger partial charge in [-0.1, -0.05) is 31.2 Å². The third kappa shape index (κ3) is 3.62. The van der Waals surface area contributed by atoms with Crippen molar-refractivity contribution in [3.63, 3.8) is 0 Å². The average molecular weight is 279 g/mol. The Balaban J connectivity index is 2.36. The van der Waals surface area contributed by atoms with Crippen LogP contribution in [0.15, 0.2) is 48.5 Å². The van der Waals surface area contributed by atoms with Crippen molar-refractivity contribution in [2.24, 2.45) is 0 Å². The number of para-hydroxylation sites is 1. The monoisotopic (exact) mass is 279 g/mol. The third-order valence-corrected chi connectivity index (χ3v) is 3.44. The molecule has 0 aliphatic carbocycles. The van der Waals surface area contributed by atoms with Gasteiger partial charge in [0.1, 0.15) is 6.07 Å². The van der Waals surface area contributed by atoms with Crippen LogP contribution in [0.2, 0.25) is 0 Å². The molecule has 0 aliphatic heterocycles. The van der Waals surface area contributed by atoms with E-state index in [1.54, 1.807) is 0 Å². The fraction of sp³-hybridized carbons (Fsp3) is 0.278. The number of nitriles is 1. The predicted molar refractivity (Wildman–Crippen MR) is 87.7 cm³/mol. The van der Waals surface area contributed by atoms with Gasteiger partial charge in [-0.05, 0) is 43.3 Å². The maximum atomic E-state index is 9.46. The van der Waals surface area contributed by atoms with Gasteiger partial charge in [-0.3, -0.25) is 0 Å². The highest BCUT2D eigenvalue weighted by Crippen LogP contribution is 2.28. The van der Waals surface area contributed by atoms with Crippen molar-refractivity contribution in [1.29, 1.82) is 5.26 Å². The molecule has 2 aromatic carbocycles. The number of anilines is 2. The van der Waals surface area contributed by atoms with E-state index in [1.165, 1.54) is 0 Å². The highest BCUT2D eigenvalue weighted by atomic mass is 15.1. The molecule has 0 atom stereocenters. The van der Waals surface area contributed by atoms with Gasteiger partial charge in [-0.2, -0.15) is 5.26 Å². The summed E-state index contributed by atoms with van der Waals surface area (Å²) in [6.45, 7) is 6.72. The second kappa shape index (κ2) is 7.47. The molecule has 1 N–H and O–H groups in total. The maximum absolute atomic E-state index is 9.46. The fourth-order valence-electron chi connectivity index (χ4n) is 2.39. The van der Waals surface area contributed by atoms with Crippen molar-refractivity contribution >= 4 is 11.4 Å². The number of nitrogens with one attached hydrogen (secondary N) is 1. The lowest BCUT2D eigenvalue weighted by molar-refractivity contribution is 0.726. The van der Waals surface area contributed by atoms with E-state index in [-0.39, 0.29) is 0 Å². The number of hydrogen-bond acceptors (Lipinski definition) is 3. The van der Waals surface area contributed by atoms with Crippen molar-refractivity contribution in [1.82, 2.24) is 5.32 Å². The first-order valence-corrected chi connectivity index (χ1v) is 7.36. The molecule has 108 valence electrons. The topological polar surface area (TPSA) is 39.1 Å². The summed E-state index contributed by atoms with van der Waals surface area (Å²) in [5.41, 5.74) is 3.93. The lowest BCUT2D eigenvalue weighted by Crippen LogP contribution is -2.18. The summed E-state index contributed by atoms with van der Waals surface area (Å²) >= 11 is 0. The van der Waals surface area contributed by atoms with E-state index >= 15 is 0 Å². The molecule has 0 radical (unpaired) electrons. The van der Waals surface area contributed by atoms with Gasteiger partial charge in [0.05, 0.1) is 11.3 Å². The minimum atomic E-state index is 0.719. The zero-order chi connectivity index (χ0) is 15.1. The lowest BCUT2D eigenvalue weighted by atomic mass is 10.1. The molecule has 3 heteroatoms. The molecule has 0 aromatic heterocycles. The van der Waals surface area contributed by atoms with E-state index in [2.05, 4.69) is 48.3 Å². The zero-order valence-corrected chi connectivity index (χ0v) is 12.6. The minimum Gasteiger partial charge on any atom is -0.341 e. The quantitative estimate of drug-likeness (QED) is 0.873. The first kappa shape index (κ1) is 15.1. The average Bonchev–Trinajstić information content (AvgIpc) is 2.55. The first-order valence-electron chi connectivity index (χ1n) is 7.36. The molecular formula is C18H21N3. The Hall–Kier alpha value is -2.31. The number of nitrogens with zero attached hydrogens (tertiary/aromatic N) is 2. The molecule has 2 rings (SSSR count). The smallest absolute Gasteiger partial charge is 0.101 e. The molecule has 0 spiro atoms. The largest absolute Gasteiger partial charge is 0.341 e. The molecule has 3 nitrogen and oxygen atoms in total. The van der Waals surface area contributed by atoms with E-state index in [9.17, 15) is 5.26 Å². The summed E-state index contributed by atoms with van der Waals surface area (Å²) in [7, 11) is 0. The Morgan fingerprint density at radius 1 is 1.10 bits per heavy atom. The van der Waals surface area contributed by atoms with Crippen molar-refractivity contribution in [2.75, 3.05) is 18.0 Å². The standard InChI is InChI=1S/C18H21N3/c1-3-20-14-15-10-11-18(16(12-15)13-19)21(4-2)17-8-6-5-7-9-17/h5-12,20H,3-4,14H2,1-2H3.